The summed E-state index contributed by atoms with van der Waals surface area (Å²) >= 11 is 3.47. The van der Waals surface area contributed by atoms with Crippen LogP contribution in [0.1, 0.15) is 44.2 Å². The number of hydrogen-bond acceptors (Lipinski definition) is 3. The van der Waals surface area contributed by atoms with Gasteiger partial charge in [0.15, 0.2) is 12.0 Å². The first-order chi connectivity index (χ1) is 12.6. The predicted molar refractivity (Wildman–Crippen MR) is 108 cm³/mol. The van der Waals surface area contributed by atoms with Gasteiger partial charge in [0.05, 0.1) is 5.60 Å². The fourth-order valence-corrected chi connectivity index (χ4v) is 3.92. The van der Waals surface area contributed by atoms with Gasteiger partial charge in [0.2, 0.25) is 0 Å². The highest BCUT2D eigenvalue weighted by molar-refractivity contribution is 9.10. The van der Waals surface area contributed by atoms with Crippen LogP contribution in [0.4, 0.5) is 5.69 Å². The molecule has 4 heteroatoms. The van der Waals surface area contributed by atoms with Gasteiger partial charge < -0.3 is 14.5 Å². The number of nitrogens with one attached hydrogen (secondary N) is 1. The average molecular weight is 412 g/mol. The normalized spacial score (nSPS) is 18.2. The molecule has 1 N–H and O–H groups in total. The number of benzene rings is 2. The highest BCUT2D eigenvalue weighted by Gasteiger charge is 2.40. The van der Waals surface area contributed by atoms with Gasteiger partial charge in [-0.15, -0.1) is 0 Å². The predicted octanol–water partition coefficient (Wildman–Crippen LogP) is 6.87. The van der Waals surface area contributed by atoms with Crippen molar-refractivity contribution in [3.63, 3.8) is 0 Å². The van der Waals surface area contributed by atoms with Gasteiger partial charge in [-0.3, -0.25) is 0 Å². The molecule has 0 spiro atoms. The van der Waals surface area contributed by atoms with E-state index in [1.165, 1.54) is 5.56 Å². The van der Waals surface area contributed by atoms with Crippen molar-refractivity contribution in [3.8, 4) is 11.3 Å². The third kappa shape index (κ3) is 2.97. The summed E-state index contributed by atoms with van der Waals surface area (Å²) in [5.41, 5.74) is 3.10. The lowest BCUT2D eigenvalue weighted by molar-refractivity contribution is -0.110. The first kappa shape index (κ1) is 17.4. The van der Waals surface area contributed by atoms with E-state index in [-0.39, 0.29) is 11.8 Å². The molecule has 0 unspecified atom stereocenters. The molecular weight excluding hydrogens is 390 g/mol. The minimum Gasteiger partial charge on any atom is -0.456 e. The topological polar surface area (TPSA) is 34.4 Å². The van der Waals surface area contributed by atoms with Crippen LogP contribution >= 0.6 is 15.9 Å². The number of anilines is 1. The van der Waals surface area contributed by atoms with E-state index in [0.717, 1.165) is 40.1 Å². The fourth-order valence-electron chi connectivity index (χ4n) is 3.66. The third-order valence-corrected chi connectivity index (χ3v) is 5.73. The second-order valence-electron chi connectivity index (χ2n) is 6.60. The smallest absolute Gasteiger partial charge is 0.187 e. The summed E-state index contributed by atoms with van der Waals surface area (Å²) in [5, 5.41) is 3.49. The zero-order valence-electron chi connectivity index (χ0n) is 15.0. The summed E-state index contributed by atoms with van der Waals surface area (Å²) in [6.45, 7) is 4.36. The zero-order valence-corrected chi connectivity index (χ0v) is 16.5. The van der Waals surface area contributed by atoms with Crippen LogP contribution in [0, 0.1) is 0 Å². The van der Waals surface area contributed by atoms with Crippen molar-refractivity contribution in [1.29, 1.82) is 0 Å². The van der Waals surface area contributed by atoms with Crippen molar-refractivity contribution in [2.24, 2.45) is 0 Å². The van der Waals surface area contributed by atoms with Crippen LogP contribution in [0.3, 0.4) is 0 Å². The number of halogens is 1. The summed E-state index contributed by atoms with van der Waals surface area (Å²) in [7, 11) is 0. The Kier molecular flexibility index (Phi) is 4.63. The Bertz CT molecular complexity index is 897. The Morgan fingerprint density at radius 2 is 1.69 bits per heavy atom. The van der Waals surface area contributed by atoms with Crippen LogP contribution in [-0.2, 0) is 10.3 Å². The molecule has 2 heterocycles. The Morgan fingerprint density at radius 1 is 0.962 bits per heavy atom. The monoisotopic (exact) mass is 411 g/mol. The standard InChI is InChI=1S/C22H22BrNO2/c1-3-22(4-2)17-7-5-6-8-18(17)24-21(26-22)20-14-13-19(25-20)15-9-11-16(23)12-10-15/h5-14,21,24H,3-4H2,1-2H3/t21-/m1/s1. The molecule has 0 aliphatic carbocycles. The van der Waals surface area contributed by atoms with E-state index in [4.69, 9.17) is 9.15 Å². The van der Waals surface area contributed by atoms with E-state index >= 15 is 0 Å². The molecule has 1 aliphatic heterocycles. The number of hydrogen-bond donors (Lipinski definition) is 1. The van der Waals surface area contributed by atoms with E-state index in [9.17, 15) is 0 Å². The highest BCUT2D eigenvalue weighted by Crippen LogP contribution is 2.46. The summed E-state index contributed by atoms with van der Waals surface area (Å²) in [4.78, 5) is 0. The maximum atomic E-state index is 6.54. The number of fused-ring (bicyclic) bond motifs is 1. The van der Waals surface area contributed by atoms with Crippen LogP contribution in [0.2, 0.25) is 0 Å². The van der Waals surface area contributed by atoms with Gasteiger partial charge in [0.1, 0.15) is 5.76 Å². The molecule has 1 atom stereocenters. The van der Waals surface area contributed by atoms with Gasteiger partial charge in [0, 0.05) is 21.3 Å². The molecular formula is C22H22BrNO2. The summed E-state index contributed by atoms with van der Waals surface area (Å²) in [6, 6.07) is 20.5. The summed E-state index contributed by atoms with van der Waals surface area (Å²) in [6.07, 6.45) is 1.53. The van der Waals surface area contributed by atoms with E-state index < -0.39 is 0 Å². The molecule has 3 aromatic rings. The average Bonchev–Trinajstić information content (AvgIpc) is 3.18. The maximum Gasteiger partial charge on any atom is 0.187 e. The SMILES string of the molecule is CCC1(CC)O[C@H](c2ccc(-c3ccc(Br)cc3)o2)Nc2ccccc21. The Morgan fingerprint density at radius 3 is 2.42 bits per heavy atom. The van der Waals surface area contributed by atoms with Gasteiger partial charge in [-0.2, -0.15) is 0 Å². The van der Waals surface area contributed by atoms with E-state index in [1.807, 2.05) is 36.4 Å². The molecule has 0 radical (unpaired) electrons. The van der Waals surface area contributed by atoms with Crippen LogP contribution in [0.25, 0.3) is 11.3 Å². The van der Waals surface area contributed by atoms with Gasteiger partial charge in [-0.1, -0.05) is 60.1 Å². The van der Waals surface area contributed by atoms with Gasteiger partial charge in [-0.25, -0.2) is 0 Å². The molecule has 0 saturated carbocycles. The lowest BCUT2D eigenvalue weighted by atomic mass is 9.85. The van der Waals surface area contributed by atoms with Crippen molar-refractivity contribution in [3.05, 3.63) is 76.5 Å². The number of para-hydroxylation sites is 1. The number of rotatable bonds is 4. The first-order valence-corrected chi connectivity index (χ1v) is 9.84. The first-order valence-electron chi connectivity index (χ1n) is 9.05. The molecule has 4 rings (SSSR count). The molecule has 134 valence electrons. The third-order valence-electron chi connectivity index (χ3n) is 5.20. The summed E-state index contributed by atoms with van der Waals surface area (Å²) in [5.74, 6) is 1.64. The highest BCUT2D eigenvalue weighted by atomic mass is 79.9. The lowest BCUT2D eigenvalue weighted by Gasteiger charge is -2.42. The van der Waals surface area contributed by atoms with Crippen LogP contribution < -0.4 is 5.32 Å². The van der Waals surface area contributed by atoms with Crippen molar-refractivity contribution in [1.82, 2.24) is 0 Å². The minimum atomic E-state index is -0.297. The van der Waals surface area contributed by atoms with Crippen LogP contribution in [0.5, 0.6) is 0 Å². The lowest BCUT2D eigenvalue weighted by Crippen LogP contribution is -2.37. The van der Waals surface area contributed by atoms with Crippen molar-refractivity contribution >= 4 is 21.6 Å². The molecule has 0 fully saturated rings. The molecule has 1 aliphatic rings. The largest absolute Gasteiger partial charge is 0.456 e. The van der Waals surface area contributed by atoms with Crippen molar-refractivity contribution < 1.29 is 9.15 Å². The molecule has 0 amide bonds. The van der Waals surface area contributed by atoms with E-state index in [1.54, 1.807) is 0 Å². The van der Waals surface area contributed by atoms with Gasteiger partial charge in [-0.05, 0) is 43.2 Å². The molecule has 0 bridgehead atoms. The second kappa shape index (κ2) is 6.93. The Balaban J connectivity index is 1.68. The number of furan rings is 1. The second-order valence-corrected chi connectivity index (χ2v) is 7.51. The van der Waals surface area contributed by atoms with E-state index in [2.05, 4.69) is 59.4 Å². The number of ether oxygens (including phenoxy) is 1. The van der Waals surface area contributed by atoms with Crippen LogP contribution in [0.15, 0.2) is 69.6 Å². The van der Waals surface area contributed by atoms with Gasteiger partial charge in [0.25, 0.3) is 0 Å². The molecule has 1 aromatic heterocycles. The fraction of sp³-hybridized carbons (Fsp3) is 0.273. The Labute approximate surface area is 162 Å². The van der Waals surface area contributed by atoms with Crippen molar-refractivity contribution in [2.45, 2.75) is 38.5 Å². The van der Waals surface area contributed by atoms with E-state index in [0.29, 0.717) is 0 Å². The maximum absolute atomic E-state index is 6.54. The minimum absolute atomic E-state index is 0.295. The van der Waals surface area contributed by atoms with Gasteiger partial charge >= 0.3 is 0 Å². The summed E-state index contributed by atoms with van der Waals surface area (Å²) < 4.78 is 13.7. The molecule has 0 saturated heterocycles. The van der Waals surface area contributed by atoms with Crippen LogP contribution in [-0.4, -0.2) is 0 Å². The van der Waals surface area contributed by atoms with Crippen molar-refractivity contribution in [2.75, 3.05) is 5.32 Å². The quantitative estimate of drug-likeness (QED) is 0.508. The molecule has 3 nitrogen and oxygen atoms in total. The Hall–Kier alpha value is -2.04. The zero-order chi connectivity index (χ0) is 18.1. The molecule has 2 aromatic carbocycles. The molecule has 26 heavy (non-hydrogen) atoms.